The molecule has 0 bridgehead atoms. The molecule has 5 rings (SSSR count). The maximum Gasteiger partial charge on any atom is 0.259 e. The van der Waals surface area contributed by atoms with E-state index in [1.165, 1.54) is 0 Å². The van der Waals surface area contributed by atoms with Gasteiger partial charge in [0.2, 0.25) is 11.7 Å². The minimum atomic E-state index is -0.262. The summed E-state index contributed by atoms with van der Waals surface area (Å²) in [6, 6.07) is 15.0. The first-order valence-corrected chi connectivity index (χ1v) is 9.65. The van der Waals surface area contributed by atoms with E-state index in [2.05, 4.69) is 36.0 Å². The molecule has 0 saturated carbocycles. The third-order valence-corrected chi connectivity index (χ3v) is 5.22. The monoisotopic (exact) mass is 454 g/mol. The van der Waals surface area contributed by atoms with E-state index in [1.807, 2.05) is 42.5 Å². The van der Waals surface area contributed by atoms with Gasteiger partial charge in [0, 0.05) is 37.0 Å². The quantitative estimate of drug-likeness (QED) is 0.398. The average Bonchev–Trinajstić information content (AvgIpc) is 3.28. The second-order valence-electron chi connectivity index (χ2n) is 6.46. The molecule has 0 aliphatic heterocycles. The van der Waals surface area contributed by atoms with E-state index in [4.69, 9.17) is 16.1 Å². The third-order valence-electron chi connectivity index (χ3n) is 4.50. The summed E-state index contributed by atoms with van der Waals surface area (Å²) in [5, 5.41) is 6.56. The maximum atomic E-state index is 12.4. The Morgan fingerprint density at radius 2 is 1.79 bits per heavy atom. The van der Waals surface area contributed by atoms with Crippen molar-refractivity contribution in [3.63, 3.8) is 0 Å². The number of aromatic nitrogens is 4. The van der Waals surface area contributed by atoms with Crippen molar-refractivity contribution in [3.8, 4) is 11.4 Å². The van der Waals surface area contributed by atoms with Crippen molar-refractivity contribution in [1.82, 2.24) is 20.1 Å². The first-order valence-electron chi connectivity index (χ1n) is 8.48. The zero-order valence-corrected chi connectivity index (χ0v) is 16.6. The Morgan fingerprint density at radius 1 is 1.00 bits per heavy atom. The SMILES string of the molecule is O=c1[nH]c2ccc(Br)cc2cc1-c1noc(Cc2cc3cc(Cl)ccc3[nH]2)n1. The van der Waals surface area contributed by atoms with Crippen molar-refractivity contribution in [1.29, 1.82) is 0 Å². The molecule has 3 aromatic heterocycles. The largest absolute Gasteiger partial charge is 0.358 e. The Balaban J connectivity index is 1.49. The van der Waals surface area contributed by atoms with Gasteiger partial charge in [-0.15, -0.1) is 0 Å². The summed E-state index contributed by atoms with van der Waals surface area (Å²) in [5.41, 5.74) is 2.75. The molecule has 28 heavy (non-hydrogen) atoms. The van der Waals surface area contributed by atoms with Gasteiger partial charge in [0.1, 0.15) is 0 Å². The van der Waals surface area contributed by atoms with Gasteiger partial charge in [-0.1, -0.05) is 32.7 Å². The molecule has 0 unspecified atom stereocenters. The summed E-state index contributed by atoms with van der Waals surface area (Å²) in [5.74, 6) is 0.679. The van der Waals surface area contributed by atoms with Crippen LogP contribution in [0.15, 0.2) is 62.3 Å². The normalized spacial score (nSPS) is 11.5. The van der Waals surface area contributed by atoms with Crippen LogP contribution in [0.4, 0.5) is 0 Å². The molecule has 8 heteroatoms. The average molecular weight is 456 g/mol. The van der Waals surface area contributed by atoms with Crippen LogP contribution in [0.2, 0.25) is 5.02 Å². The smallest absolute Gasteiger partial charge is 0.259 e. The van der Waals surface area contributed by atoms with Crippen molar-refractivity contribution in [2.24, 2.45) is 0 Å². The Morgan fingerprint density at radius 3 is 2.68 bits per heavy atom. The van der Waals surface area contributed by atoms with E-state index in [0.29, 0.717) is 22.9 Å². The number of rotatable bonds is 3. The number of pyridine rings is 1. The number of hydrogen-bond acceptors (Lipinski definition) is 4. The minimum absolute atomic E-state index is 0.261. The number of nitrogens with one attached hydrogen (secondary N) is 2. The first kappa shape index (κ1) is 17.2. The Hall–Kier alpha value is -2.90. The number of fused-ring (bicyclic) bond motifs is 2. The molecule has 0 aliphatic rings. The molecule has 2 N–H and O–H groups in total. The van der Waals surface area contributed by atoms with Gasteiger partial charge in [-0.05, 0) is 48.5 Å². The Kier molecular flexibility index (Phi) is 4.07. The van der Waals surface area contributed by atoms with Crippen LogP contribution < -0.4 is 5.56 Å². The van der Waals surface area contributed by atoms with E-state index in [1.54, 1.807) is 6.07 Å². The first-order chi connectivity index (χ1) is 13.5. The van der Waals surface area contributed by atoms with E-state index >= 15 is 0 Å². The van der Waals surface area contributed by atoms with Gasteiger partial charge >= 0.3 is 0 Å². The van der Waals surface area contributed by atoms with Gasteiger partial charge < -0.3 is 14.5 Å². The van der Waals surface area contributed by atoms with Crippen LogP contribution in [0.5, 0.6) is 0 Å². The molecule has 0 atom stereocenters. The predicted molar refractivity (Wildman–Crippen MR) is 112 cm³/mol. The fourth-order valence-electron chi connectivity index (χ4n) is 3.20. The fraction of sp³-hybridized carbons (Fsp3) is 0.0500. The molecule has 0 amide bonds. The molecular formula is C20H12BrClN4O2. The van der Waals surface area contributed by atoms with Crippen molar-refractivity contribution in [2.75, 3.05) is 0 Å². The molecule has 0 saturated heterocycles. The van der Waals surface area contributed by atoms with Crippen LogP contribution in [0, 0.1) is 0 Å². The second-order valence-corrected chi connectivity index (χ2v) is 7.81. The van der Waals surface area contributed by atoms with Gasteiger partial charge in [0.25, 0.3) is 5.56 Å². The van der Waals surface area contributed by atoms with Crippen LogP contribution in [-0.4, -0.2) is 20.1 Å². The van der Waals surface area contributed by atoms with Crippen LogP contribution in [0.1, 0.15) is 11.6 Å². The lowest BCUT2D eigenvalue weighted by Crippen LogP contribution is -2.09. The highest BCUT2D eigenvalue weighted by atomic mass is 79.9. The standard InChI is InChI=1S/C20H12BrClN4O2/c21-12-1-3-17-10(5-12)8-15(20(27)24-17)19-25-18(28-26-19)9-14-7-11-6-13(22)2-4-16(11)23-14/h1-8,23H,9H2,(H,24,27). The topological polar surface area (TPSA) is 87.6 Å². The Labute approximate surface area is 171 Å². The maximum absolute atomic E-state index is 12.4. The molecule has 3 heterocycles. The minimum Gasteiger partial charge on any atom is -0.358 e. The summed E-state index contributed by atoms with van der Waals surface area (Å²) >= 11 is 9.47. The van der Waals surface area contributed by atoms with E-state index in [-0.39, 0.29) is 11.4 Å². The molecule has 5 aromatic rings. The van der Waals surface area contributed by atoms with Crippen molar-refractivity contribution >= 4 is 49.3 Å². The summed E-state index contributed by atoms with van der Waals surface area (Å²) in [6.07, 6.45) is 0.427. The summed E-state index contributed by atoms with van der Waals surface area (Å²) in [6.45, 7) is 0. The zero-order chi connectivity index (χ0) is 19.3. The van der Waals surface area contributed by atoms with Crippen LogP contribution in [0.3, 0.4) is 0 Å². The van der Waals surface area contributed by atoms with Crippen molar-refractivity contribution in [2.45, 2.75) is 6.42 Å². The number of hydrogen-bond donors (Lipinski definition) is 2. The summed E-state index contributed by atoms with van der Waals surface area (Å²) in [4.78, 5) is 23.0. The Bertz CT molecular complexity index is 1400. The van der Waals surface area contributed by atoms with Crippen molar-refractivity contribution < 1.29 is 4.52 Å². The number of aromatic amines is 2. The number of halogens is 2. The summed E-state index contributed by atoms with van der Waals surface area (Å²) in [7, 11) is 0. The molecule has 0 fully saturated rings. The molecule has 0 aliphatic carbocycles. The number of H-pyrrole nitrogens is 2. The predicted octanol–water partition coefficient (Wildman–Crippen LogP) is 5.07. The van der Waals surface area contributed by atoms with E-state index in [0.717, 1.165) is 32.0 Å². The highest BCUT2D eigenvalue weighted by Crippen LogP contribution is 2.23. The molecule has 2 aromatic carbocycles. The van der Waals surface area contributed by atoms with Gasteiger partial charge in [-0.25, -0.2) is 0 Å². The third kappa shape index (κ3) is 3.12. The lowest BCUT2D eigenvalue weighted by atomic mass is 10.1. The molecule has 6 nitrogen and oxygen atoms in total. The lowest BCUT2D eigenvalue weighted by molar-refractivity contribution is 0.385. The number of nitrogens with zero attached hydrogens (tertiary/aromatic N) is 2. The molecular weight excluding hydrogens is 444 g/mol. The van der Waals surface area contributed by atoms with Gasteiger partial charge in [0.15, 0.2) is 0 Å². The second kappa shape index (κ2) is 6.61. The van der Waals surface area contributed by atoms with Crippen LogP contribution in [-0.2, 0) is 6.42 Å². The lowest BCUT2D eigenvalue weighted by Gasteiger charge is -2.00. The molecule has 0 radical (unpaired) electrons. The molecule has 138 valence electrons. The van der Waals surface area contributed by atoms with Gasteiger partial charge in [0.05, 0.1) is 12.0 Å². The van der Waals surface area contributed by atoms with E-state index < -0.39 is 0 Å². The van der Waals surface area contributed by atoms with Crippen molar-refractivity contribution in [3.05, 3.63) is 80.0 Å². The molecule has 0 spiro atoms. The highest BCUT2D eigenvalue weighted by Gasteiger charge is 2.14. The fourth-order valence-corrected chi connectivity index (χ4v) is 3.76. The van der Waals surface area contributed by atoms with Gasteiger partial charge in [-0.2, -0.15) is 4.98 Å². The van der Waals surface area contributed by atoms with Crippen LogP contribution in [0.25, 0.3) is 33.2 Å². The summed E-state index contributed by atoms with van der Waals surface area (Å²) < 4.78 is 6.29. The highest BCUT2D eigenvalue weighted by molar-refractivity contribution is 9.10. The number of benzene rings is 2. The van der Waals surface area contributed by atoms with Gasteiger partial charge in [-0.3, -0.25) is 4.79 Å². The van der Waals surface area contributed by atoms with Crippen LogP contribution >= 0.6 is 27.5 Å². The van der Waals surface area contributed by atoms with E-state index in [9.17, 15) is 4.79 Å². The zero-order valence-electron chi connectivity index (χ0n) is 14.3.